The second kappa shape index (κ2) is 5.44. The molecule has 0 bridgehead atoms. The summed E-state index contributed by atoms with van der Waals surface area (Å²) >= 11 is 0. The largest absolute Gasteiger partial charge is 0.325 e. The first-order chi connectivity index (χ1) is 9.33. The van der Waals surface area contributed by atoms with Crippen molar-refractivity contribution in [1.29, 1.82) is 0 Å². The molecule has 1 atom stereocenters. The molecular formula is C13H19N5O. The van der Waals surface area contributed by atoms with Gasteiger partial charge in [0.2, 0.25) is 0 Å². The van der Waals surface area contributed by atoms with Crippen LogP contribution in [0.2, 0.25) is 0 Å². The van der Waals surface area contributed by atoms with Gasteiger partial charge in [0, 0.05) is 49.8 Å². The van der Waals surface area contributed by atoms with Crippen LogP contribution in [0.1, 0.15) is 24.5 Å². The number of hydrogen-bond acceptors (Lipinski definition) is 3. The molecule has 1 aliphatic rings. The Hall–Kier alpha value is -1.82. The molecule has 0 amide bonds. The fourth-order valence-electron chi connectivity index (χ4n) is 2.78. The molecule has 3 rings (SSSR count). The first-order valence-electron chi connectivity index (χ1n) is 6.78. The van der Waals surface area contributed by atoms with Crippen molar-refractivity contribution < 1.29 is 0 Å². The van der Waals surface area contributed by atoms with Crippen LogP contribution in [0.25, 0.3) is 0 Å². The lowest BCUT2D eigenvalue weighted by atomic mass is 9.95. The third-order valence-electron chi connectivity index (χ3n) is 3.85. The maximum Gasteiger partial charge on any atom is 0.325 e. The van der Waals surface area contributed by atoms with Crippen LogP contribution >= 0.6 is 0 Å². The zero-order valence-electron chi connectivity index (χ0n) is 10.9. The molecule has 2 aromatic rings. The van der Waals surface area contributed by atoms with Gasteiger partial charge in [-0.3, -0.25) is 9.67 Å². The molecule has 2 N–H and O–H groups in total. The Bertz CT molecular complexity index is 556. The van der Waals surface area contributed by atoms with Gasteiger partial charge in [0.05, 0.1) is 0 Å². The standard InChI is InChI=1S/C13H19N5O/c19-13-14-5-7-18(13)9-8-17-6-1-2-11(10-17)12-3-4-15-16-12/h3-5,7,11H,1-2,6,8-10H2,(H,14,19)(H,15,16)/t11-/m0/s1. The van der Waals surface area contributed by atoms with Crippen molar-refractivity contribution in [3.05, 3.63) is 40.8 Å². The van der Waals surface area contributed by atoms with Gasteiger partial charge in [0.25, 0.3) is 0 Å². The van der Waals surface area contributed by atoms with Crippen molar-refractivity contribution in [3.8, 4) is 0 Å². The Morgan fingerprint density at radius 1 is 1.42 bits per heavy atom. The van der Waals surface area contributed by atoms with Gasteiger partial charge in [-0.05, 0) is 25.5 Å². The average Bonchev–Trinajstić information content (AvgIpc) is 3.08. The van der Waals surface area contributed by atoms with E-state index < -0.39 is 0 Å². The van der Waals surface area contributed by atoms with E-state index in [1.165, 1.54) is 18.5 Å². The Morgan fingerprint density at radius 2 is 2.37 bits per heavy atom. The third kappa shape index (κ3) is 2.78. The lowest BCUT2D eigenvalue weighted by Crippen LogP contribution is -2.37. The monoisotopic (exact) mass is 261 g/mol. The predicted octanol–water partition coefficient (Wildman–Crippen LogP) is 0.779. The molecule has 1 aliphatic heterocycles. The summed E-state index contributed by atoms with van der Waals surface area (Å²) in [6.07, 6.45) is 7.72. The number of likely N-dealkylation sites (tertiary alicyclic amines) is 1. The van der Waals surface area contributed by atoms with E-state index in [-0.39, 0.29) is 5.69 Å². The minimum Gasteiger partial charge on any atom is -0.313 e. The Labute approximate surface area is 111 Å². The molecule has 0 spiro atoms. The van der Waals surface area contributed by atoms with Gasteiger partial charge >= 0.3 is 5.69 Å². The molecule has 1 saturated heterocycles. The maximum atomic E-state index is 11.4. The van der Waals surface area contributed by atoms with Crippen molar-refractivity contribution in [1.82, 2.24) is 24.6 Å². The molecular weight excluding hydrogens is 242 g/mol. The van der Waals surface area contributed by atoms with Crippen molar-refractivity contribution in [2.24, 2.45) is 0 Å². The zero-order chi connectivity index (χ0) is 13.1. The first kappa shape index (κ1) is 12.2. The SMILES string of the molecule is O=c1[nH]ccn1CCN1CCC[C@H](c2ccn[nH]2)C1. The van der Waals surface area contributed by atoms with E-state index in [0.717, 1.165) is 26.2 Å². The molecule has 3 heterocycles. The Balaban J connectivity index is 1.57. The van der Waals surface area contributed by atoms with Crippen LogP contribution in [0.5, 0.6) is 0 Å². The molecule has 19 heavy (non-hydrogen) atoms. The number of nitrogens with one attached hydrogen (secondary N) is 2. The summed E-state index contributed by atoms with van der Waals surface area (Å²) < 4.78 is 1.72. The number of nitrogens with zero attached hydrogens (tertiary/aromatic N) is 3. The fourth-order valence-corrected chi connectivity index (χ4v) is 2.78. The highest BCUT2D eigenvalue weighted by Gasteiger charge is 2.21. The maximum absolute atomic E-state index is 11.4. The van der Waals surface area contributed by atoms with Gasteiger partial charge in [-0.1, -0.05) is 0 Å². The van der Waals surface area contributed by atoms with Crippen LogP contribution in [0, 0.1) is 0 Å². The summed E-state index contributed by atoms with van der Waals surface area (Å²) in [6, 6.07) is 2.06. The van der Waals surface area contributed by atoms with Crippen molar-refractivity contribution >= 4 is 0 Å². The van der Waals surface area contributed by atoms with E-state index in [1.54, 1.807) is 17.0 Å². The number of hydrogen-bond donors (Lipinski definition) is 2. The van der Waals surface area contributed by atoms with E-state index in [1.807, 2.05) is 6.20 Å². The summed E-state index contributed by atoms with van der Waals surface area (Å²) in [5.74, 6) is 0.541. The van der Waals surface area contributed by atoms with Crippen LogP contribution < -0.4 is 5.69 Å². The van der Waals surface area contributed by atoms with Crippen molar-refractivity contribution in [2.45, 2.75) is 25.3 Å². The molecule has 0 saturated carbocycles. The normalized spacial score (nSPS) is 20.7. The quantitative estimate of drug-likeness (QED) is 0.854. The predicted molar refractivity (Wildman–Crippen MR) is 72.1 cm³/mol. The Morgan fingerprint density at radius 3 is 3.11 bits per heavy atom. The number of piperidine rings is 1. The summed E-state index contributed by atoms with van der Waals surface area (Å²) in [4.78, 5) is 16.5. The zero-order valence-corrected chi connectivity index (χ0v) is 10.9. The first-order valence-corrected chi connectivity index (χ1v) is 6.78. The summed E-state index contributed by atoms with van der Waals surface area (Å²) in [7, 11) is 0. The fraction of sp³-hybridized carbons (Fsp3) is 0.538. The van der Waals surface area contributed by atoms with Crippen molar-refractivity contribution in [2.75, 3.05) is 19.6 Å². The molecule has 0 aliphatic carbocycles. The topological polar surface area (TPSA) is 69.7 Å². The number of imidazole rings is 1. The highest BCUT2D eigenvalue weighted by molar-refractivity contribution is 5.07. The van der Waals surface area contributed by atoms with Crippen LogP contribution in [-0.4, -0.2) is 44.3 Å². The third-order valence-corrected chi connectivity index (χ3v) is 3.85. The lowest BCUT2D eigenvalue weighted by molar-refractivity contribution is 0.198. The van der Waals surface area contributed by atoms with Gasteiger partial charge in [-0.15, -0.1) is 0 Å². The van der Waals surface area contributed by atoms with E-state index in [9.17, 15) is 4.79 Å². The molecule has 0 unspecified atom stereocenters. The van der Waals surface area contributed by atoms with Crippen molar-refractivity contribution in [3.63, 3.8) is 0 Å². The summed E-state index contributed by atoms with van der Waals surface area (Å²) in [6.45, 7) is 3.83. The number of aromatic nitrogens is 4. The van der Waals surface area contributed by atoms with E-state index in [4.69, 9.17) is 0 Å². The van der Waals surface area contributed by atoms with Gasteiger partial charge in [-0.2, -0.15) is 5.10 Å². The summed E-state index contributed by atoms with van der Waals surface area (Å²) in [5.41, 5.74) is 1.20. The molecule has 2 aromatic heterocycles. The van der Waals surface area contributed by atoms with E-state index in [2.05, 4.69) is 26.1 Å². The van der Waals surface area contributed by atoms with Gasteiger partial charge < -0.3 is 9.88 Å². The number of H-pyrrole nitrogens is 2. The number of rotatable bonds is 4. The molecule has 0 aromatic carbocycles. The van der Waals surface area contributed by atoms with E-state index >= 15 is 0 Å². The lowest BCUT2D eigenvalue weighted by Gasteiger charge is -2.32. The molecule has 0 radical (unpaired) electrons. The molecule has 102 valence electrons. The van der Waals surface area contributed by atoms with Crippen LogP contribution in [0.15, 0.2) is 29.5 Å². The smallest absolute Gasteiger partial charge is 0.313 e. The minimum absolute atomic E-state index is 0.0258. The second-order valence-electron chi connectivity index (χ2n) is 5.11. The van der Waals surface area contributed by atoms with E-state index in [0.29, 0.717) is 5.92 Å². The molecule has 1 fully saturated rings. The highest BCUT2D eigenvalue weighted by atomic mass is 16.1. The highest BCUT2D eigenvalue weighted by Crippen LogP contribution is 2.24. The molecule has 6 heteroatoms. The minimum atomic E-state index is -0.0258. The van der Waals surface area contributed by atoms with Crippen LogP contribution in [-0.2, 0) is 6.54 Å². The second-order valence-corrected chi connectivity index (χ2v) is 5.11. The average molecular weight is 261 g/mol. The van der Waals surface area contributed by atoms with Crippen LogP contribution in [0.4, 0.5) is 0 Å². The van der Waals surface area contributed by atoms with Gasteiger partial charge in [-0.25, -0.2) is 4.79 Å². The van der Waals surface area contributed by atoms with Gasteiger partial charge in [0.1, 0.15) is 0 Å². The Kier molecular flexibility index (Phi) is 3.50. The van der Waals surface area contributed by atoms with Crippen LogP contribution in [0.3, 0.4) is 0 Å². The summed E-state index contributed by atoms with van der Waals surface area (Å²) in [5, 5.41) is 7.10. The number of aromatic amines is 2. The molecule has 6 nitrogen and oxygen atoms in total. The van der Waals surface area contributed by atoms with Gasteiger partial charge in [0.15, 0.2) is 0 Å².